The van der Waals surface area contributed by atoms with Gasteiger partial charge in [0.15, 0.2) is 0 Å². The van der Waals surface area contributed by atoms with Crippen LogP contribution in [0.25, 0.3) is 0 Å². The normalized spacial score (nSPS) is 13.0. The second-order valence-electron chi connectivity index (χ2n) is 17.9. The third-order valence-electron chi connectivity index (χ3n) is 12.6. The van der Waals surface area contributed by atoms with Crippen molar-refractivity contribution in [2.45, 2.75) is 264 Å². The van der Waals surface area contributed by atoms with Crippen LogP contribution in [0.5, 0.6) is 0 Å². The van der Waals surface area contributed by atoms with E-state index in [9.17, 15) is 8.42 Å². The van der Waals surface area contributed by atoms with Crippen LogP contribution in [0.4, 0.5) is 0 Å². The van der Waals surface area contributed by atoms with Gasteiger partial charge >= 0.3 is 296 Å². The van der Waals surface area contributed by atoms with Gasteiger partial charge in [-0.15, -0.1) is 0 Å². The summed E-state index contributed by atoms with van der Waals surface area (Å²) in [6.45, 7) is 8.34. The Balaban J connectivity index is 3.10. The van der Waals surface area contributed by atoms with E-state index in [1.165, 1.54) is 198 Å². The molecule has 0 spiro atoms. The predicted octanol–water partition coefficient (Wildman–Crippen LogP) is 17.8. The topological polar surface area (TPSA) is 43.4 Å². The van der Waals surface area contributed by atoms with Crippen molar-refractivity contribution < 1.29 is 12.4 Å². The minimum absolute atomic E-state index is 0.388. The Kier molecular flexibility index (Phi) is 32.9. The van der Waals surface area contributed by atoms with Crippen LogP contribution < -0.4 is 0 Å². The third kappa shape index (κ3) is 25.6. The Bertz CT molecular complexity index is 1050. The molecule has 3 nitrogen and oxygen atoms in total. The molecule has 0 N–H and O–H groups in total. The van der Waals surface area contributed by atoms with E-state index < -0.39 is 16.9 Å². The van der Waals surface area contributed by atoms with Crippen molar-refractivity contribution in [3.05, 3.63) is 29.8 Å². The van der Waals surface area contributed by atoms with Crippen molar-refractivity contribution in [3.63, 3.8) is 0 Å². The van der Waals surface area contributed by atoms with Crippen molar-refractivity contribution in [1.29, 1.82) is 0 Å². The Morgan fingerprint density at radius 1 is 0.364 bits per heavy atom. The summed E-state index contributed by atoms with van der Waals surface area (Å²) < 4.78 is 36.4. The van der Waals surface area contributed by atoms with Crippen molar-refractivity contribution in [1.82, 2.24) is 0 Å². The van der Waals surface area contributed by atoms with Crippen LogP contribution in [0.15, 0.2) is 29.2 Å². The van der Waals surface area contributed by atoms with E-state index in [-0.39, 0.29) is 0 Å². The number of hydrogen-bond donors (Lipinski definition) is 0. The molecule has 0 fully saturated rings. The van der Waals surface area contributed by atoms with Crippen LogP contribution in [-0.4, -0.2) is 33.1 Å². The summed E-state index contributed by atoms with van der Waals surface area (Å²) in [5, 5.41) is 0. The van der Waals surface area contributed by atoms with Crippen molar-refractivity contribution in [2.75, 3.05) is 24.6 Å². The first-order chi connectivity index (χ1) is 26.8. The SMILES string of the molecule is CCCCCCCCCCCCCCP(CCCCCC)(CCCCCC)(CCCCCC)OS(=O)(=O)c1ccc(CCCCCCCCCCCC)cc1. The molecule has 0 aliphatic carbocycles. The molecule has 1 aromatic carbocycles. The molecule has 5 heteroatoms. The van der Waals surface area contributed by atoms with E-state index in [4.69, 9.17) is 3.97 Å². The number of unbranched alkanes of at least 4 members (excludes halogenated alkanes) is 29. The summed E-state index contributed by atoms with van der Waals surface area (Å²) in [5.41, 5.74) is 1.26. The Morgan fingerprint density at radius 2 is 0.618 bits per heavy atom. The third-order valence-corrected chi connectivity index (χ3v) is 21.8. The molecule has 326 valence electrons. The first-order valence-electron chi connectivity index (χ1n) is 24.9. The average Bonchev–Trinajstić information content (AvgIpc) is 3.18. The monoisotopic (exact) mass is 809 g/mol. The molecule has 0 atom stereocenters. The minimum atomic E-state index is -3.87. The van der Waals surface area contributed by atoms with E-state index >= 15 is 0 Å². The van der Waals surface area contributed by atoms with E-state index in [2.05, 4.69) is 46.8 Å². The maximum atomic E-state index is 14.6. The fraction of sp³-hybridized carbons (Fsp3) is 0.880. The first-order valence-corrected chi connectivity index (χ1v) is 29.2. The van der Waals surface area contributed by atoms with Crippen LogP contribution in [0.2, 0.25) is 0 Å². The van der Waals surface area contributed by atoms with Crippen LogP contribution in [-0.2, 0) is 20.5 Å². The molecule has 0 amide bonds. The summed E-state index contributed by atoms with van der Waals surface area (Å²) in [4.78, 5) is 0.388. The molecule has 1 aromatic rings. The molecule has 0 saturated heterocycles. The van der Waals surface area contributed by atoms with E-state index in [0.717, 1.165) is 56.8 Å². The van der Waals surface area contributed by atoms with Gasteiger partial charge in [-0.05, 0) is 0 Å². The zero-order valence-corrected chi connectivity index (χ0v) is 39.7. The molecule has 0 aromatic heterocycles. The maximum absolute atomic E-state index is 14.6. The fourth-order valence-electron chi connectivity index (χ4n) is 8.95. The van der Waals surface area contributed by atoms with Crippen LogP contribution >= 0.6 is 6.83 Å². The number of rotatable bonds is 42. The van der Waals surface area contributed by atoms with Gasteiger partial charge in [0.2, 0.25) is 0 Å². The number of aryl methyl sites for hydroxylation is 1. The second-order valence-corrected chi connectivity index (χ2v) is 25.4. The molecule has 0 heterocycles. The quantitative estimate of drug-likeness (QED) is 0.0488. The van der Waals surface area contributed by atoms with Gasteiger partial charge in [0, 0.05) is 0 Å². The van der Waals surface area contributed by atoms with Crippen LogP contribution in [0, 0.1) is 0 Å². The van der Waals surface area contributed by atoms with Gasteiger partial charge < -0.3 is 0 Å². The van der Waals surface area contributed by atoms with Crippen LogP contribution in [0.3, 0.4) is 0 Å². The van der Waals surface area contributed by atoms with E-state index in [1.807, 2.05) is 12.1 Å². The molecule has 0 aliphatic heterocycles. The molecular weight excluding hydrogens is 712 g/mol. The van der Waals surface area contributed by atoms with Gasteiger partial charge in [-0.3, -0.25) is 0 Å². The standard InChI is InChI=1S/C50H97O3PS/c1-6-11-16-21-23-25-27-28-30-32-34-39-48-54(45-36-18-13-8-3,46-37-19-14-9-4,47-38-20-15-10-5)53-55(51,52)50-43-41-49(42-44-50)40-35-33-31-29-26-24-22-17-12-7-2/h41-44H,6-40,45-48H2,1-5H3. The number of hydrogen-bond acceptors (Lipinski definition) is 3. The summed E-state index contributed by atoms with van der Waals surface area (Å²) >= 11 is 0. The molecule has 1 rings (SSSR count). The van der Waals surface area contributed by atoms with Crippen molar-refractivity contribution >= 4 is 16.9 Å². The molecule has 0 unspecified atom stereocenters. The van der Waals surface area contributed by atoms with Crippen molar-refractivity contribution in [3.8, 4) is 0 Å². The van der Waals surface area contributed by atoms with E-state index in [1.54, 1.807) is 0 Å². The summed E-state index contributed by atoms with van der Waals surface area (Å²) in [7, 11) is -3.87. The van der Waals surface area contributed by atoms with Gasteiger partial charge in [-0.2, -0.15) is 0 Å². The van der Waals surface area contributed by atoms with Gasteiger partial charge in [0.1, 0.15) is 0 Å². The second kappa shape index (κ2) is 34.4. The van der Waals surface area contributed by atoms with Crippen molar-refractivity contribution in [2.24, 2.45) is 0 Å². The zero-order valence-electron chi connectivity index (χ0n) is 38.0. The molecule has 0 bridgehead atoms. The molecule has 55 heavy (non-hydrogen) atoms. The van der Waals surface area contributed by atoms with Gasteiger partial charge in [0.25, 0.3) is 0 Å². The molecule has 0 radical (unpaired) electrons. The fourth-order valence-corrected chi connectivity index (χ4v) is 18.6. The predicted molar refractivity (Wildman–Crippen MR) is 250 cm³/mol. The molecule has 0 aliphatic rings. The Morgan fingerprint density at radius 3 is 0.927 bits per heavy atom. The van der Waals surface area contributed by atoms with Gasteiger partial charge in [-0.1, -0.05) is 52.4 Å². The average molecular weight is 809 g/mol. The number of benzene rings is 1. The Hall–Kier alpha value is -0.440. The summed E-state index contributed by atoms with van der Waals surface area (Å²) in [6.07, 6.45) is 48.5. The Labute approximate surface area is 346 Å². The zero-order chi connectivity index (χ0) is 40.2. The van der Waals surface area contributed by atoms with Gasteiger partial charge in [0.05, 0.1) is 0 Å². The first kappa shape index (κ1) is 52.6. The summed E-state index contributed by atoms with van der Waals surface area (Å²) in [6, 6.07) is 7.91. The van der Waals surface area contributed by atoms with Gasteiger partial charge in [-0.25, -0.2) is 0 Å². The van der Waals surface area contributed by atoms with Crippen LogP contribution in [0.1, 0.15) is 258 Å². The van der Waals surface area contributed by atoms with E-state index in [0.29, 0.717) is 4.90 Å². The molecular formula is C50H97O3PS. The summed E-state index contributed by atoms with van der Waals surface area (Å²) in [5.74, 6) is 0. The molecule has 0 saturated carbocycles.